The Balaban J connectivity index is 1.47. The van der Waals surface area contributed by atoms with E-state index >= 15 is 4.39 Å². The molecule has 3 N–H and O–H groups in total. The summed E-state index contributed by atoms with van der Waals surface area (Å²) in [7, 11) is -0.278. The highest BCUT2D eigenvalue weighted by atomic mass is 35.5. The molecule has 0 saturated heterocycles. The number of nitrogens with zero attached hydrogens (tertiary/aromatic N) is 2. The predicted octanol–water partition coefficient (Wildman–Crippen LogP) is 3.75. The molecule has 3 aromatic rings. The van der Waals surface area contributed by atoms with Crippen LogP contribution in [0.2, 0.25) is 4.34 Å². The van der Waals surface area contributed by atoms with Gasteiger partial charge in [-0.05, 0) is 68.2 Å². The van der Waals surface area contributed by atoms with E-state index in [1.807, 2.05) is 19.0 Å². The van der Waals surface area contributed by atoms with E-state index in [4.69, 9.17) is 11.6 Å². The van der Waals surface area contributed by atoms with Crippen molar-refractivity contribution in [2.45, 2.75) is 10.6 Å². The summed E-state index contributed by atoms with van der Waals surface area (Å²) in [5.41, 5.74) is 1.21. The van der Waals surface area contributed by atoms with E-state index in [0.29, 0.717) is 12.1 Å². The van der Waals surface area contributed by atoms with Gasteiger partial charge in [-0.3, -0.25) is 9.59 Å². The number of carbonyl (C=O) groups is 3. The molecule has 0 fully saturated rings. The maximum atomic E-state index is 15.0. The minimum Gasteiger partial charge on any atom is -0.384 e. The van der Waals surface area contributed by atoms with Crippen molar-refractivity contribution >= 4 is 67.9 Å². The molecule has 1 aliphatic rings. The number of benzene rings is 2. The quantitative estimate of drug-likeness (QED) is 0.347. The number of hydrogen-bond donors (Lipinski definition) is 3. The summed E-state index contributed by atoms with van der Waals surface area (Å²) >= 11 is 6.50. The summed E-state index contributed by atoms with van der Waals surface area (Å²) in [4.78, 5) is 40.9. The molecule has 4 rings (SSSR count). The lowest BCUT2D eigenvalue weighted by Gasteiger charge is -2.27. The molecule has 0 bridgehead atoms. The number of rotatable bonds is 8. The van der Waals surface area contributed by atoms with Gasteiger partial charge in [-0.2, -0.15) is 0 Å². The van der Waals surface area contributed by atoms with Crippen LogP contribution >= 0.6 is 22.9 Å². The molecule has 0 spiro atoms. The summed E-state index contributed by atoms with van der Waals surface area (Å²) in [6.07, 6.45) is -0.100. The molecule has 2 aromatic carbocycles. The van der Waals surface area contributed by atoms with Crippen LogP contribution in [0.4, 0.5) is 26.2 Å². The monoisotopic (exact) mass is 579 g/mol. The first-order valence-corrected chi connectivity index (χ1v) is 13.9. The molecule has 0 aliphatic carbocycles. The largest absolute Gasteiger partial charge is 0.384 e. The van der Waals surface area contributed by atoms with Crippen LogP contribution in [0.3, 0.4) is 0 Å². The second-order valence-corrected chi connectivity index (χ2v) is 12.2. The lowest BCUT2D eigenvalue weighted by molar-refractivity contribution is -0.117. The standard InChI is InChI=1S/C24H23ClFN5O5S2/c1-30(2)10-9-27-15-3-5-17-14(11-15)12-21(32)31(23(17)33)19-6-4-16(13-18(19)26)28-24(34)29-38(35,36)22-8-7-20(25)37-22/h3-8,11,13,27H,9-10,12H2,1-2H3,(H2,28,29,34). The lowest BCUT2D eigenvalue weighted by atomic mass is 9.97. The van der Waals surface area contributed by atoms with Gasteiger partial charge in [0.05, 0.1) is 16.4 Å². The van der Waals surface area contributed by atoms with Gasteiger partial charge >= 0.3 is 6.03 Å². The average molecular weight is 580 g/mol. The number of sulfonamides is 1. The molecule has 0 atom stereocenters. The van der Waals surface area contributed by atoms with Crippen molar-refractivity contribution in [3.63, 3.8) is 0 Å². The molecule has 200 valence electrons. The van der Waals surface area contributed by atoms with Gasteiger partial charge in [0, 0.05) is 30.0 Å². The zero-order valence-corrected chi connectivity index (χ0v) is 22.6. The number of thiophene rings is 1. The molecule has 0 radical (unpaired) electrons. The number of fused-ring (bicyclic) bond motifs is 1. The molecule has 0 saturated carbocycles. The Kier molecular flexibility index (Phi) is 8.02. The van der Waals surface area contributed by atoms with Crippen molar-refractivity contribution in [2.75, 3.05) is 42.7 Å². The third-order valence-corrected chi connectivity index (χ3v) is 8.56. The van der Waals surface area contributed by atoms with Crippen LogP contribution in [0.15, 0.2) is 52.7 Å². The molecular weight excluding hydrogens is 557 g/mol. The van der Waals surface area contributed by atoms with Gasteiger partial charge < -0.3 is 15.5 Å². The van der Waals surface area contributed by atoms with Crippen molar-refractivity contribution in [1.82, 2.24) is 9.62 Å². The van der Waals surface area contributed by atoms with Crippen molar-refractivity contribution in [1.29, 1.82) is 0 Å². The van der Waals surface area contributed by atoms with Crippen molar-refractivity contribution in [3.8, 4) is 0 Å². The number of anilines is 3. The molecule has 0 unspecified atom stereocenters. The second-order valence-electron chi connectivity index (χ2n) is 8.60. The average Bonchev–Trinajstić information content (AvgIpc) is 3.27. The van der Waals surface area contributed by atoms with Gasteiger partial charge in [0.1, 0.15) is 10.0 Å². The Bertz CT molecular complexity index is 1530. The first kappa shape index (κ1) is 27.5. The number of carbonyl (C=O) groups excluding carboxylic acids is 3. The number of likely N-dealkylation sites (N-methyl/N-ethyl adjacent to an activating group) is 1. The number of amides is 4. The van der Waals surface area contributed by atoms with Crippen molar-refractivity contribution in [3.05, 3.63) is 69.8 Å². The number of urea groups is 1. The lowest BCUT2D eigenvalue weighted by Crippen LogP contribution is -2.43. The van der Waals surface area contributed by atoms with Crippen LogP contribution < -0.4 is 20.3 Å². The van der Waals surface area contributed by atoms with Crippen LogP contribution in [0, 0.1) is 5.82 Å². The Morgan fingerprint density at radius 2 is 1.84 bits per heavy atom. The van der Waals surface area contributed by atoms with Crippen molar-refractivity contribution < 1.29 is 27.2 Å². The molecular formula is C24H23ClFN5O5S2. The predicted molar refractivity (Wildman–Crippen MR) is 144 cm³/mol. The van der Waals surface area contributed by atoms with Gasteiger partial charge in [-0.15, -0.1) is 11.3 Å². The fraction of sp³-hybridized carbons (Fsp3) is 0.208. The second kappa shape index (κ2) is 11.1. The molecule has 14 heteroatoms. The summed E-state index contributed by atoms with van der Waals surface area (Å²) < 4.78 is 41.4. The molecule has 1 aliphatic heterocycles. The Morgan fingerprint density at radius 3 is 2.50 bits per heavy atom. The zero-order valence-electron chi connectivity index (χ0n) is 20.2. The third-order valence-electron chi connectivity index (χ3n) is 5.50. The minimum absolute atomic E-state index is 0.0890. The number of nitrogens with one attached hydrogen (secondary N) is 3. The van der Waals surface area contributed by atoms with E-state index in [9.17, 15) is 22.8 Å². The van der Waals surface area contributed by atoms with E-state index in [0.717, 1.165) is 40.6 Å². The maximum Gasteiger partial charge on any atom is 0.333 e. The minimum atomic E-state index is -4.18. The summed E-state index contributed by atoms with van der Waals surface area (Å²) in [5, 5.41) is 5.45. The highest BCUT2D eigenvalue weighted by Crippen LogP contribution is 2.31. The molecule has 1 aromatic heterocycles. The molecule has 2 heterocycles. The van der Waals surface area contributed by atoms with Gasteiger partial charge in [0.25, 0.3) is 15.9 Å². The topological polar surface area (TPSA) is 128 Å². The first-order valence-electron chi connectivity index (χ1n) is 11.2. The van der Waals surface area contributed by atoms with Gasteiger partial charge in [0.15, 0.2) is 0 Å². The van der Waals surface area contributed by atoms with Crippen LogP contribution in [-0.2, 0) is 21.2 Å². The summed E-state index contributed by atoms with van der Waals surface area (Å²) in [6.45, 7) is 1.48. The van der Waals surface area contributed by atoms with Crippen LogP contribution in [0.25, 0.3) is 0 Å². The normalized spacial score (nSPS) is 13.4. The SMILES string of the molecule is CN(C)CCNc1ccc2c(c1)CC(=O)N(c1ccc(NC(=O)NS(=O)(=O)c3ccc(Cl)s3)cc1F)C2=O. The van der Waals surface area contributed by atoms with E-state index in [1.165, 1.54) is 18.2 Å². The Hall–Kier alpha value is -3.52. The molecule has 10 nitrogen and oxygen atoms in total. The molecule has 38 heavy (non-hydrogen) atoms. The zero-order chi connectivity index (χ0) is 27.6. The van der Waals surface area contributed by atoms with Crippen LogP contribution in [0.1, 0.15) is 15.9 Å². The fourth-order valence-electron chi connectivity index (χ4n) is 3.74. The first-order chi connectivity index (χ1) is 17.9. The Morgan fingerprint density at radius 1 is 1.11 bits per heavy atom. The van der Waals surface area contributed by atoms with Crippen LogP contribution in [-0.4, -0.2) is 58.3 Å². The molecule has 4 amide bonds. The van der Waals surface area contributed by atoms with E-state index < -0.39 is 33.7 Å². The Labute approximate surface area is 227 Å². The third kappa shape index (κ3) is 6.13. The smallest absolute Gasteiger partial charge is 0.333 e. The van der Waals surface area contributed by atoms with Gasteiger partial charge in [-0.1, -0.05) is 11.6 Å². The van der Waals surface area contributed by atoms with Gasteiger partial charge in [0.2, 0.25) is 5.91 Å². The van der Waals surface area contributed by atoms with Crippen molar-refractivity contribution in [2.24, 2.45) is 0 Å². The summed E-state index contributed by atoms with van der Waals surface area (Å²) in [6, 6.07) is 9.83. The maximum absolute atomic E-state index is 15.0. The highest BCUT2D eigenvalue weighted by Gasteiger charge is 2.34. The summed E-state index contributed by atoms with van der Waals surface area (Å²) in [5.74, 6) is -2.23. The number of hydrogen-bond acceptors (Lipinski definition) is 8. The van der Waals surface area contributed by atoms with E-state index in [1.54, 1.807) is 22.9 Å². The van der Waals surface area contributed by atoms with Crippen LogP contribution in [0.5, 0.6) is 0 Å². The number of imide groups is 1. The highest BCUT2D eigenvalue weighted by molar-refractivity contribution is 7.92. The van der Waals surface area contributed by atoms with Gasteiger partial charge in [-0.25, -0.2) is 27.2 Å². The van der Waals surface area contributed by atoms with E-state index in [-0.39, 0.29) is 31.9 Å². The fourth-order valence-corrected chi connectivity index (χ4v) is 6.13. The number of halogens is 2. The van der Waals surface area contributed by atoms with E-state index in [2.05, 4.69) is 10.6 Å².